The van der Waals surface area contributed by atoms with Crippen LogP contribution in [0.25, 0.3) is 11.2 Å². The number of carbonyl (C=O) groups excluding carboxylic acids is 1. The van der Waals surface area contributed by atoms with Crippen LogP contribution in [-0.4, -0.2) is 50.8 Å². The predicted molar refractivity (Wildman–Crippen MR) is 134 cm³/mol. The second-order valence-electron chi connectivity index (χ2n) is 8.38. The van der Waals surface area contributed by atoms with E-state index >= 15 is 0 Å². The number of rotatable bonds is 4. The molecular weight excluding hydrogens is 458 g/mol. The highest BCUT2D eigenvalue weighted by molar-refractivity contribution is 6.06. The van der Waals surface area contributed by atoms with Crippen molar-refractivity contribution in [1.29, 1.82) is 0 Å². The summed E-state index contributed by atoms with van der Waals surface area (Å²) in [7, 11) is 0. The van der Waals surface area contributed by atoms with Crippen molar-refractivity contribution in [3.8, 4) is 0 Å². The molecule has 1 N–H and O–H groups in total. The Morgan fingerprint density at radius 2 is 1.67 bits per heavy atom. The minimum absolute atomic E-state index is 0.0200. The van der Waals surface area contributed by atoms with E-state index in [0.29, 0.717) is 35.8 Å². The second-order valence-corrected chi connectivity index (χ2v) is 8.38. The lowest BCUT2D eigenvalue weighted by molar-refractivity contribution is -0.282. The molecule has 0 bridgehead atoms. The van der Waals surface area contributed by atoms with Crippen molar-refractivity contribution < 1.29 is 19.0 Å². The molecule has 2 fully saturated rings. The van der Waals surface area contributed by atoms with Crippen LogP contribution in [-0.2, 0) is 14.2 Å². The molecule has 0 radical (unpaired) electrons. The summed E-state index contributed by atoms with van der Waals surface area (Å²) in [4.78, 5) is 25.8. The number of hydrogen-bond donors (Lipinski definition) is 1. The molecule has 4 heterocycles. The molecule has 2 aliphatic rings. The van der Waals surface area contributed by atoms with Crippen molar-refractivity contribution in [3.05, 3.63) is 84.4 Å². The summed E-state index contributed by atoms with van der Waals surface area (Å²) in [5.41, 5.74) is 2.70. The molecule has 2 aromatic heterocycles. The van der Waals surface area contributed by atoms with Crippen molar-refractivity contribution in [2.45, 2.75) is 44.8 Å². The molecule has 0 saturated carbocycles. The zero-order chi connectivity index (χ0) is 24.9. The van der Waals surface area contributed by atoms with E-state index in [1.54, 1.807) is 18.5 Å². The predicted octanol–water partition coefficient (Wildman–Crippen LogP) is 4.55. The summed E-state index contributed by atoms with van der Waals surface area (Å²) >= 11 is 0. The fraction of sp³-hybridized carbons (Fsp3) is 0.333. The highest BCUT2D eigenvalue weighted by atomic mass is 16.7. The Balaban J connectivity index is 0.00000130. The fourth-order valence-corrected chi connectivity index (χ4v) is 4.47. The summed E-state index contributed by atoms with van der Waals surface area (Å²) in [6.07, 6.45) is 3.25. The molecule has 4 atom stereocenters. The van der Waals surface area contributed by atoms with Gasteiger partial charge in [0.25, 0.3) is 5.91 Å². The van der Waals surface area contributed by atoms with Gasteiger partial charge < -0.3 is 24.1 Å². The van der Waals surface area contributed by atoms with Crippen LogP contribution < -0.4 is 5.32 Å². The Bertz CT molecular complexity index is 1300. The molecule has 9 heteroatoms. The largest absolute Gasteiger partial charge is 0.371 e. The Hall–Kier alpha value is -3.66. The first-order valence-corrected chi connectivity index (χ1v) is 12.2. The van der Waals surface area contributed by atoms with E-state index in [0.717, 1.165) is 12.0 Å². The number of benzene rings is 2. The standard InChI is InChI=1S/C25H23N5O4.C2H6/c31-24(16-7-3-1-4-8-16)29-22-21-23(27-14-26-22)30(15-28-21)18-11-19-20(32-12-18)13-33-25(34-19)17-9-5-2-6-10-17;1-2/h1-10,14-15,18-20,25H,11-13H2,(H,26,27,29,31);1-2H3/t18?,19?,20?,25-;/m1./s1. The lowest BCUT2D eigenvalue weighted by Crippen LogP contribution is -2.47. The molecule has 6 rings (SSSR count). The first-order valence-electron chi connectivity index (χ1n) is 12.2. The van der Waals surface area contributed by atoms with Crippen LogP contribution in [0.4, 0.5) is 5.82 Å². The average Bonchev–Trinajstić information content (AvgIpc) is 3.40. The molecule has 0 spiro atoms. The summed E-state index contributed by atoms with van der Waals surface area (Å²) in [6.45, 7) is 4.98. The van der Waals surface area contributed by atoms with E-state index in [9.17, 15) is 4.79 Å². The van der Waals surface area contributed by atoms with Gasteiger partial charge in [-0.1, -0.05) is 62.4 Å². The van der Waals surface area contributed by atoms with Gasteiger partial charge in [-0.05, 0) is 18.6 Å². The van der Waals surface area contributed by atoms with Gasteiger partial charge in [0.15, 0.2) is 23.3 Å². The molecule has 9 nitrogen and oxygen atoms in total. The van der Waals surface area contributed by atoms with Gasteiger partial charge in [0.2, 0.25) is 0 Å². The lowest BCUT2D eigenvalue weighted by atomic mass is 10.0. The fourth-order valence-electron chi connectivity index (χ4n) is 4.47. The van der Waals surface area contributed by atoms with Crippen LogP contribution in [0.1, 0.15) is 48.5 Å². The topological polar surface area (TPSA) is 100 Å². The van der Waals surface area contributed by atoms with Crippen molar-refractivity contribution in [3.63, 3.8) is 0 Å². The Labute approximate surface area is 209 Å². The van der Waals surface area contributed by atoms with Crippen LogP contribution in [0.5, 0.6) is 0 Å². The number of nitrogens with one attached hydrogen (secondary N) is 1. The number of amides is 1. The monoisotopic (exact) mass is 487 g/mol. The highest BCUT2D eigenvalue weighted by Gasteiger charge is 2.39. The van der Waals surface area contributed by atoms with Crippen molar-refractivity contribution in [1.82, 2.24) is 19.5 Å². The number of hydrogen-bond acceptors (Lipinski definition) is 7. The third-order valence-electron chi connectivity index (χ3n) is 6.22. The Morgan fingerprint density at radius 1 is 0.917 bits per heavy atom. The molecule has 1 amide bonds. The van der Waals surface area contributed by atoms with Crippen molar-refractivity contribution in [2.24, 2.45) is 0 Å². The van der Waals surface area contributed by atoms with E-state index in [1.165, 1.54) is 6.33 Å². The molecule has 186 valence electrons. The van der Waals surface area contributed by atoms with Gasteiger partial charge in [0.05, 0.1) is 31.7 Å². The first kappa shape index (κ1) is 24.1. The summed E-state index contributed by atoms with van der Waals surface area (Å²) in [5.74, 6) is 0.125. The van der Waals surface area contributed by atoms with Crippen LogP contribution in [0.2, 0.25) is 0 Å². The van der Waals surface area contributed by atoms with Crippen molar-refractivity contribution >= 4 is 22.9 Å². The summed E-state index contributed by atoms with van der Waals surface area (Å²) in [6, 6.07) is 18.9. The molecule has 2 aliphatic heterocycles. The zero-order valence-corrected chi connectivity index (χ0v) is 20.3. The van der Waals surface area contributed by atoms with Crippen LogP contribution >= 0.6 is 0 Å². The van der Waals surface area contributed by atoms with Gasteiger partial charge in [0, 0.05) is 11.1 Å². The zero-order valence-electron chi connectivity index (χ0n) is 20.3. The van der Waals surface area contributed by atoms with Crippen LogP contribution in [0.3, 0.4) is 0 Å². The molecule has 36 heavy (non-hydrogen) atoms. The molecular formula is C27H29N5O4. The van der Waals surface area contributed by atoms with Gasteiger partial charge >= 0.3 is 0 Å². The third-order valence-corrected chi connectivity index (χ3v) is 6.22. The molecule has 0 aliphatic carbocycles. The number of fused-ring (bicyclic) bond motifs is 2. The van der Waals surface area contributed by atoms with Gasteiger partial charge in [-0.2, -0.15) is 0 Å². The smallest absolute Gasteiger partial charge is 0.256 e. The Kier molecular flexibility index (Phi) is 7.31. The number of nitrogens with zero attached hydrogens (tertiary/aromatic N) is 4. The van der Waals surface area contributed by atoms with Gasteiger partial charge in [0.1, 0.15) is 12.4 Å². The summed E-state index contributed by atoms with van der Waals surface area (Å²) in [5, 5.41) is 2.85. The van der Waals surface area contributed by atoms with E-state index in [2.05, 4.69) is 20.3 Å². The maximum absolute atomic E-state index is 12.6. The minimum atomic E-state index is -0.411. The number of imidazole rings is 1. The van der Waals surface area contributed by atoms with E-state index in [-0.39, 0.29) is 24.2 Å². The number of ether oxygens (including phenoxy) is 3. The summed E-state index contributed by atoms with van der Waals surface area (Å²) < 4.78 is 20.2. The van der Waals surface area contributed by atoms with E-state index in [4.69, 9.17) is 14.2 Å². The van der Waals surface area contributed by atoms with E-state index < -0.39 is 6.29 Å². The Morgan fingerprint density at radius 3 is 2.44 bits per heavy atom. The van der Waals surface area contributed by atoms with Crippen molar-refractivity contribution in [2.75, 3.05) is 18.5 Å². The lowest BCUT2D eigenvalue weighted by Gasteiger charge is -2.42. The quantitative estimate of drug-likeness (QED) is 0.451. The first-order chi connectivity index (χ1) is 17.8. The normalized spacial score (nSPS) is 23.3. The third kappa shape index (κ3) is 4.86. The maximum atomic E-state index is 12.6. The second kappa shape index (κ2) is 10.9. The van der Waals surface area contributed by atoms with E-state index in [1.807, 2.05) is 66.9 Å². The van der Waals surface area contributed by atoms with Gasteiger partial charge in [-0.25, -0.2) is 15.0 Å². The van der Waals surface area contributed by atoms with Crippen LogP contribution in [0.15, 0.2) is 73.3 Å². The van der Waals surface area contributed by atoms with Gasteiger partial charge in [-0.3, -0.25) is 4.79 Å². The highest BCUT2D eigenvalue weighted by Crippen LogP contribution is 2.36. The number of carbonyl (C=O) groups is 1. The average molecular weight is 488 g/mol. The molecule has 3 unspecified atom stereocenters. The molecule has 2 saturated heterocycles. The van der Waals surface area contributed by atoms with Gasteiger partial charge in [-0.15, -0.1) is 0 Å². The SMILES string of the molecule is CC.O=C(Nc1ncnc2c1ncn2C1COC2CO[C@@H](c3ccccc3)OC2C1)c1ccccc1. The molecule has 2 aromatic carbocycles. The number of aromatic nitrogens is 4. The molecule has 4 aromatic rings. The maximum Gasteiger partial charge on any atom is 0.256 e. The van der Waals surface area contributed by atoms with Crippen LogP contribution in [0, 0.1) is 0 Å². The number of anilines is 1. The minimum Gasteiger partial charge on any atom is -0.371 e.